The minimum Gasteiger partial charge on any atom is -0.365 e. The zero-order valence-electron chi connectivity index (χ0n) is 15.2. The molecule has 0 spiro atoms. The maximum Gasteiger partial charge on any atom is 0.416 e. The molecule has 0 saturated carbocycles. The Morgan fingerprint density at radius 3 is 2.17 bits per heavy atom. The van der Waals surface area contributed by atoms with Crippen LogP contribution in [-0.4, -0.2) is 9.97 Å². The molecule has 4 aromatic rings. The van der Waals surface area contributed by atoms with Crippen molar-refractivity contribution in [2.75, 3.05) is 10.6 Å². The first-order valence-electron chi connectivity index (χ1n) is 8.98. The van der Waals surface area contributed by atoms with Gasteiger partial charge in [0.15, 0.2) is 0 Å². The first-order valence-corrected chi connectivity index (χ1v) is 8.98. The van der Waals surface area contributed by atoms with E-state index < -0.39 is 11.7 Å². The van der Waals surface area contributed by atoms with E-state index in [0.717, 1.165) is 28.6 Å². The van der Waals surface area contributed by atoms with Crippen LogP contribution in [0.5, 0.6) is 0 Å². The van der Waals surface area contributed by atoms with Crippen LogP contribution in [0.2, 0.25) is 0 Å². The van der Waals surface area contributed by atoms with Gasteiger partial charge in [-0.25, -0.2) is 4.98 Å². The van der Waals surface area contributed by atoms with Crippen LogP contribution in [-0.2, 0) is 12.7 Å². The Morgan fingerprint density at radius 1 is 0.759 bits per heavy atom. The molecule has 4 nitrogen and oxygen atoms in total. The van der Waals surface area contributed by atoms with Crippen molar-refractivity contribution in [1.82, 2.24) is 9.97 Å². The van der Waals surface area contributed by atoms with Crippen LogP contribution in [0.1, 0.15) is 11.1 Å². The van der Waals surface area contributed by atoms with Crippen molar-refractivity contribution in [3.05, 3.63) is 90.0 Å². The van der Waals surface area contributed by atoms with Gasteiger partial charge in [0, 0.05) is 17.6 Å². The van der Waals surface area contributed by atoms with Crippen molar-refractivity contribution < 1.29 is 13.2 Å². The van der Waals surface area contributed by atoms with Crippen molar-refractivity contribution in [1.29, 1.82) is 0 Å². The maximum atomic E-state index is 12.7. The standard InChI is InChI=1S/C22H17F3N4/c23-22(24,25)16-10-12-17(13-11-16)27-21-28-19-9-5-4-8-18(19)20(29-21)26-14-15-6-2-1-3-7-15/h1-13H,14H2,(H2,26,27,28,29). The number of nitrogens with zero attached hydrogens (tertiary/aromatic N) is 2. The molecule has 0 unspecified atom stereocenters. The molecule has 3 aromatic carbocycles. The smallest absolute Gasteiger partial charge is 0.365 e. The van der Waals surface area contributed by atoms with Gasteiger partial charge in [0.2, 0.25) is 5.95 Å². The summed E-state index contributed by atoms with van der Waals surface area (Å²) in [5.41, 5.74) is 1.61. The minimum atomic E-state index is -4.37. The fourth-order valence-corrected chi connectivity index (χ4v) is 2.92. The molecule has 0 bridgehead atoms. The third kappa shape index (κ3) is 4.45. The zero-order chi connectivity index (χ0) is 20.3. The van der Waals surface area contributed by atoms with E-state index in [9.17, 15) is 13.2 Å². The molecular weight excluding hydrogens is 377 g/mol. The lowest BCUT2D eigenvalue weighted by Gasteiger charge is -2.12. The topological polar surface area (TPSA) is 49.8 Å². The summed E-state index contributed by atoms with van der Waals surface area (Å²) in [6, 6.07) is 22.2. The lowest BCUT2D eigenvalue weighted by molar-refractivity contribution is -0.137. The van der Waals surface area contributed by atoms with E-state index in [4.69, 9.17) is 0 Å². The van der Waals surface area contributed by atoms with Gasteiger partial charge in [-0.15, -0.1) is 0 Å². The Morgan fingerprint density at radius 2 is 1.45 bits per heavy atom. The number of halogens is 3. The lowest BCUT2D eigenvalue weighted by Crippen LogP contribution is -2.06. The molecule has 7 heteroatoms. The molecule has 0 saturated heterocycles. The Balaban J connectivity index is 1.61. The second-order valence-corrected chi connectivity index (χ2v) is 6.45. The predicted octanol–water partition coefficient (Wildman–Crippen LogP) is 6.00. The Kier molecular flexibility index (Phi) is 5.03. The number of para-hydroxylation sites is 1. The Hall–Kier alpha value is -3.61. The molecule has 0 atom stereocenters. The van der Waals surface area contributed by atoms with E-state index in [2.05, 4.69) is 20.6 Å². The third-order valence-electron chi connectivity index (χ3n) is 4.37. The fraction of sp³-hybridized carbons (Fsp3) is 0.0909. The number of alkyl halides is 3. The van der Waals surface area contributed by atoms with Crippen molar-refractivity contribution in [3.8, 4) is 0 Å². The molecule has 0 aliphatic heterocycles. The van der Waals surface area contributed by atoms with E-state index in [1.807, 2.05) is 54.6 Å². The van der Waals surface area contributed by atoms with Gasteiger partial charge in [0.05, 0.1) is 11.1 Å². The average Bonchev–Trinajstić information content (AvgIpc) is 2.72. The van der Waals surface area contributed by atoms with Crippen molar-refractivity contribution in [3.63, 3.8) is 0 Å². The molecule has 2 N–H and O–H groups in total. The van der Waals surface area contributed by atoms with E-state index in [1.54, 1.807) is 0 Å². The Labute approximate surface area is 165 Å². The Bertz CT molecular complexity index is 1110. The maximum absolute atomic E-state index is 12.7. The normalized spacial score (nSPS) is 11.4. The molecule has 4 rings (SSSR count). The quantitative estimate of drug-likeness (QED) is 0.436. The number of fused-ring (bicyclic) bond motifs is 1. The average molecular weight is 394 g/mol. The highest BCUT2D eigenvalue weighted by Gasteiger charge is 2.29. The van der Waals surface area contributed by atoms with E-state index >= 15 is 0 Å². The molecule has 0 aliphatic rings. The van der Waals surface area contributed by atoms with Crippen molar-refractivity contribution in [2.45, 2.75) is 12.7 Å². The fourth-order valence-electron chi connectivity index (χ4n) is 2.92. The number of hydrogen-bond acceptors (Lipinski definition) is 4. The van der Waals surface area contributed by atoms with Gasteiger partial charge in [-0.3, -0.25) is 0 Å². The number of hydrogen-bond donors (Lipinski definition) is 2. The highest BCUT2D eigenvalue weighted by atomic mass is 19.4. The van der Waals surface area contributed by atoms with Gasteiger partial charge >= 0.3 is 6.18 Å². The molecule has 1 heterocycles. The first-order chi connectivity index (χ1) is 14.0. The van der Waals surface area contributed by atoms with Crippen LogP contribution in [0.25, 0.3) is 10.9 Å². The number of aromatic nitrogens is 2. The highest BCUT2D eigenvalue weighted by Crippen LogP contribution is 2.30. The molecule has 0 aliphatic carbocycles. The van der Waals surface area contributed by atoms with Gasteiger partial charge in [-0.05, 0) is 42.0 Å². The second-order valence-electron chi connectivity index (χ2n) is 6.45. The number of rotatable bonds is 5. The van der Waals surface area contributed by atoms with Crippen molar-refractivity contribution >= 4 is 28.4 Å². The lowest BCUT2D eigenvalue weighted by atomic mass is 10.2. The highest BCUT2D eigenvalue weighted by molar-refractivity contribution is 5.90. The molecule has 146 valence electrons. The summed E-state index contributed by atoms with van der Waals surface area (Å²) in [5.74, 6) is 0.952. The summed E-state index contributed by atoms with van der Waals surface area (Å²) in [6.07, 6.45) is -4.37. The number of benzene rings is 3. The van der Waals surface area contributed by atoms with Gasteiger partial charge in [-0.1, -0.05) is 42.5 Å². The first kappa shape index (κ1) is 18.7. The third-order valence-corrected chi connectivity index (χ3v) is 4.37. The number of anilines is 3. The molecule has 0 fully saturated rings. The zero-order valence-corrected chi connectivity index (χ0v) is 15.2. The summed E-state index contributed by atoms with van der Waals surface area (Å²) in [7, 11) is 0. The largest absolute Gasteiger partial charge is 0.416 e. The van der Waals surface area contributed by atoms with Crippen LogP contribution in [0.3, 0.4) is 0 Å². The summed E-state index contributed by atoms with van der Waals surface area (Å²) in [6.45, 7) is 0.585. The van der Waals surface area contributed by atoms with Crippen LogP contribution in [0, 0.1) is 0 Å². The monoisotopic (exact) mass is 394 g/mol. The van der Waals surface area contributed by atoms with Gasteiger partial charge in [-0.2, -0.15) is 18.2 Å². The van der Waals surface area contributed by atoms with Gasteiger partial charge in [0.1, 0.15) is 5.82 Å². The molecule has 1 aromatic heterocycles. The number of nitrogens with one attached hydrogen (secondary N) is 2. The van der Waals surface area contributed by atoms with Crippen molar-refractivity contribution in [2.24, 2.45) is 0 Å². The van der Waals surface area contributed by atoms with E-state index in [1.165, 1.54) is 12.1 Å². The van der Waals surface area contributed by atoms with Crippen LogP contribution < -0.4 is 10.6 Å². The van der Waals surface area contributed by atoms with E-state index in [0.29, 0.717) is 24.0 Å². The molecule has 0 radical (unpaired) electrons. The second kappa shape index (κ2) is 7.79. The summed E-state index contributed by atoms with van der Waals surface area (Å²) < 4.78 is 38.2. The van der Waals surface area contributed by atoms with Gasteiger partial charge < -0.3 is 10.6 Å². The van der Waals surface area contributed by atoms with E-state index in [-0.39, 0.29) is 0 Å². The SMILES string of the molecule is FC(F)(F)c1ccc(Nc2nc(NCc3ccccc3)c3ccccc3n2)cc1. The summed E-state index contributed by atoms with van der Waals surface area (Å²) >= 11 is 0. The molecule has 0 amide bonds. The van der Waals surface area contributed by atoms with Crippen LogP contribution in [0.15, 0.2) is 78.9 Å². The van der Waals surface area contributed by atoms with Crippen LogP contribution >= 0.6 is 0 Å². The van der Waals surface area contributed by atoms with Gasteiger partial charge in [0.25, 0.3) is 0 Å². The van der Waals surface area contributed by atoms with Crippen LogP contribution in [0.4, 0.5) is 30.6 Å². The summed E-state index contributed by atoms with van der Waals surface area (Å²) in [5, 5.41) is 7.17. The molecular formula is C22H17F3N4. The summed E-state index contributed by atoms with van der Waals surface area (Å²) in [4.78, 5) is 9.00. The minimum absolute atomic E-state index is 0.305. The predicted molar refractivity (Wildman–Crippen MR) is 108 cm³/mol. The molecule has 29 heavy (non-hydrogen) atoms.